The second kappa shape index (κ2) is 13.7. The molecule has 4 aromatic rings. The number of halogens is 1. The van der Waals surface area contributed by atoms with Crippen molar-refractivity contribution in [1.29, 1.82) is 0 Å². The van der Waals surface area contributed by atoms with Gasteiger partial charge in [0, 0.05) is 17.1 Å². The van der Waals surface area contributed by atoms with Gasteiger partial charge in [0.25, 0.3) is 5.91 Å². The fourth-order valence-corrected chi connectivity index (χ4v) is 6.27. The number of fused-ring (bicyclic) bond motifs is 1. The highest BCUT2D eigenvalue weighted by Crippen LogP contribution is 2.43. The van der Waals surface area contributed by atoms with E-state index in [9.17, 15) is 4.79 Å². The first kappa shape index (κ1) is 30.7. The summed E-state index contributed by atoms with van der Waals surface area (Å²) in [4.78, 5) is 18.8. The van der Waals surface area contributed by atoms with Crippen LogP contribution in [0.5, 0.6) is 11.5 Å². The van der Waals surface area contributed by atoms with Crippen molar-refractivity contribution in [3.63, 3.8) is 0 Å². The lowest BCUT2D eigenvalue weighted by molar-refractivity contribution is -0.113. The summed E-state index contributed by atoms with van der Waals surface area (Å²) in [6.07, 6.45) is 1.00. The van der Waals surface area contributed by atoms with E-state index in [1.807, 2.05) is 82.3 Å². The number of aromatic nitrogens is 3. The lowest BCUT2D eigenvalue weighted by Crippen LogP contribution is -2.31. The molecule has 8 nitrogen and oxygen atoms in total. The van der Waals surface area contributed by atoms with Crippen molar-refractivity contribution in [2.45, 2.75) is 58.8 Å². The Kier molecular flexibility index (Phi) is 9.77. The number of hydrogen-bond acceptors (Lipinski definition) is 7. The predicted molar refractivity (Wildman–Crippen MR) is 176 cm³/mol. The van der Waals surface area contributed by atoms with Crippen LogP contribution in [0.15, 0.2) is 81.6 Å². The molecule has 0 fully saturated rings. The summed E-state index contributed by atoms with van der Waals surface area (Å²) in [7, 11) is 0. The van der Waals surface area contributed by atoms with E-state index < -0.39 is 6.04 Å². The number of hydrogen-bond donors (Lipinski definition) is 2. The Balaban J connectivity index is 1.57. The highest BCUT2D eigenvalue weighted by atomic mass is 79.9. The maximum absolute atomic E-state index is 14.1. The largest absolute Gasteiger partial charge is 0.490 e. The van der Waals surface area contributed by atoms with Crippen LogP contribution in [0.1, 0.15) is 55.5 Å². The number of carbonyl (C=O) groups excluding carboxylic acids is 1. The monoisotopic (exact) mass is 661 g/mol. The van der Waals surface area contributed by atoms with Crippen LogP contribution in [0.4, 0.5) is 11.6 Å². The van der Waals surface area contributed by atoms with Crippen LogP contribution in [-0.4, -0.2) is 33.0 Å². The zero-order chi connectivity index (χ0) is 30.5. The predicted octanol–water partition coefficient (Wildman–Crippen LogP) is 8.06. The fourth-order valence-electron chi connectivity index (χ4n) is 5.01. The van der Waals surface area contributed by atoms with Crippen molar-refractivity contribution in [2.24, 2.45) is 0 Å². The van der Waals surface area contributed by atoms with E-state index in [0.29, 0.717) is 47.1 Å². The van der Waals surface area contributed by atoms with Crippen LogP contribution in [0.2, 0.25) is 0 Å². The number of allylic oxidation sites excluding steroid dienone is 1. The van der Waals surface area contributed by atoms with E-state index in [1.54, 1.807) is 16.4 Å². The summed E-state index contributed by atoms with van der Waals surface area (Å²) in [6, 6.07) is 19.3. The van der Waals surface area contributed by atoms with E-state index >= 15 is 0 Å². The molecule has 1 unspecified atom stereocenters. The molecular formula is C33H36BrN5O3S. The van der Waals surface area contributed by atoms with Gasteiger partial charge in [0.15, 0.2) is 11.5 Å². The molecule has 0 bridgehead atoms. The minimum absolute atomic E-state index is 0.218. The molecule has 0 saturated carbocycles. The third-order valence-electron chi connectivity index (χ3n) is 7.02. The second-order valence-corrected chi connectivity index (χ2v) is 12.3. The van der Waals surface area contributed by atoms with Crippen molar-refractivity contribution in [2.75, 3.05) is 23.0 Å². The third-order valence-corrected chi connectivity index (χ3v) is 8.65. The molecule has 0 saturated heterocycles. The van der Waals surface area contributed by atoms with E-state index in [-0.39, 0.29) is 5.91 Å². The van der Waals surface area contributed by atoms with Crippen molar-refractivity contribution in [1.82, 2.24) is 14.8 Å². The van der Waals surface area contributed by atoms with Gasteiger partial charge >= 0.3 is 0 Å². The molecule has 0 radical (unpaired) electrons. The number of rotatable bonds is 11. The number of aryl methyl sites for hydroxylation is 2. The van der Waals surface area contributed by atoms with Crippen molar-refractivity contribution in [3.05, 3.63) is 98.7 Å². The lowest BCUT2D eigenvalue weighted by Gasteiger charge is -2.29. The first-order chi connectivity index (χ1) is 20.8. The van der Waals surface area contributed by atoms with Crippen LogP contribution >= 0.6 is 27.7 Å². The molecular weight excluding hydrogens is 626 g/mol. The number of nitrogens with zero attached hydrogens (tertiary/aromatic N) is 3. The van der Waals surface area contributed by atoms with Gasteiger partial charge in [-0.05, 0) is 84.9 Å². The molecule has 0 spiro atoms. The van der Waals surface area contributed by atoms with Gasteiger partial charge in [0.1, 0.15) is 12.6 Å². The molecule has 1 aromatic heterocycles. The molecule has 1 atom stereocenters. The second-order valence-electron chi connectivity index (χ2n) is 10.4. The summed E-state index contributed by atoms with van der Waals surface area (Å²) in [5, 5.41) is 12.0. The molecule has 1 aliphatic rings. The Morgan fingerprint density at radius 3 is 2.58 bits per heavy atom. The van der Waals surface area contributed by atoms with E-state index in [2.05, 4.69) is 39.6 Å². The molecule has 224 valence electrons. The fraction of sp³-hybridized carbons (Fsp3) is 0.303. The molecule has 3 aromatic carbocycles. The normalized spacial score (nSPS) is 14.2. The summed E-state index contributed by atoms with van der Waals surface area (Å²) < 4.78 is 14.9. The number of ether oxygens (including phenoxy) is 2. The SMILES string of the molecule is CCCSc1nc2n(n1)C(c1cc(Br)c(OCc3ccccc3)c(OCC)c1)C(C(=O)Nc1ccc(C)cc1C)=C(C)N2. The summed E-state index contributed by atoms with van der Waals surface area (Å²) in [6.45, 7) is 10.8. The Morgan fingerprint density at radius 2 is 1.86 bits per heavy atom. The average molecular weight is 663 g/mol. The van der Waals surface area contributed by atoms with Gasteiger partial charge in [-0.25, -0.2) is 4.68 Å². The van der Waals surface area contributed by atoms with Crippen molar-refractivity contribution < 1.29 is 14.3 Å². The molecule has 1 aliphatic heterocycles. The van der Waals surface area contributed by atoms with Crippen molar-refractivity contribution >= 4 is 45.2 Å². The van der Waals surface area contributed by atoms with Gasteiger partial charge in [-0.1, -0.05) is 66.7 Å². The summed E-state index contributed by atoms with van der Waals surface area (Å²) in [5.74, 6) is 2.44. The Labute approximate surface area is 265 Å². The third kappa shape index (κ3) is 6.91. The first-order valence-corrected chi connectivity index (χ1v) is 16.2. The molecule has 2 N–H and O–H groups in total. The smallest absolute Gasteiger partial charge is 0.255 e. The molecule has 1 amide bonds. The summed E-state index contributed by atoms with van der Waals surface area (Å²) in [5.41, 5.74) is 6.00. The van der Waals surface area contributed by atoms with E-state index in [0.717, 1.165) is 44.6 Å². The molecule has 5 rings (SSSR count). The standard InChI is InChI=1S/C33H36BrN5O3S/c1-6-15-43-33-37-32-35-22(5)28(31(40)36-26-14-13-20(3)16-21(26)4)29(39(32)38-33)24-17-25(34)30(27(18-24)41-7-2)42-19-23-11-9-8-10-12-23/h8-14,16-18,29H,6-7,15,19H2,1-5H3,(H,36,40)(H,35,37,38). The first-order valence-electron chi connectivity index (χ1n) is 14.4. The van der Waals surface area contributed by atoms with E-state index in [1.165, 1.54) is 0 Å². The quantitative estimate of drug-likeness (QED) is 0.157. The average Bonchev–Trinajstić information content (AvgIpc) is 3.39. The Bertz CT molecular complexity index is 1650. The van der Waals surface area contributed by atoms with Gasteiger partial charge < -0.3 is 20.1 Å². The maximum atomic E-state index is 14.1. The topological polar surface area (TPSA) is 90.3 Å². The van der Waals surface area contributed by atoms with Crippen LogP contribution in [-0.2, 0) is 11.4 Å². The number of amides is 1. The van der Waals surface area contributed by atoms with Gasteiger partial charge in [-0.15, -0.1) is 5.10 Å². The van der Waals surface area contributed by atoms with Crippen LogP contribution in [0.3, 0.4) is 0 Å². The van der Waals surface area contributed by atoms with Crippen LogP contribution in [0.25, 0.3) is 0 Å². The molecule has 0 aliphatic carbocycles. The van der Waals surface area contributed by atoms with Gasteiger partial charge in [0.05, 0.1) is 16.7 Å². The number of thioether (sulfide) groups is 1. The zero-order valence-electron chi connectivity index (χ0n) is 25.0. The number of anilines is 2. The van der Waals surface area contributed by atoms with Crippen LogP contribution in [0, 0.1) is 13.8 Å². The maximum Gasteiger partial charge on any atom is 0.255 e. The minimum atomic E-state index is -0.566. The lowest BCUT2D eigenvalue weighted by atomic mass is 9.94. The van der Waals surface area contributed by atoms with Crippen molar-refractivity contribution in [3.8, 4) is 11.5 Å². The Morgan fingerprint density at radius 1 is 1.07 bits per heavy atom. The van der Waals surface area contributed by atoms with Gasteiger partial charge in [-0.3, -0.25) is 4.79 Å². The molecule has 43 heavy (non-hydrogen) atoms. The van der Waals surface area contributed by atoms with Gasteiger partial charge in [-0.2, -0.15) is 4.98 Å². The summed E-state index contributed by atoms with van der Waals surface area (Å²) >= 11 is 5.34. The minimum Gasteiger partial charge on any atom is -0.490 e. The Hall–Kier alpha value is -3.76. The number of carbonyl (C=O) groups is 1. The van der Waals surface area contributed by atoms with Gasteiger partial charge in [0.2, 0.25) is 11.1 Å². The van der Waals surface area contributed by atoms with E-state index in [4.69, 9.17) is 19.6 Å². The molecule has 2 heterocycles. The number of benzene rings is 3. The number of nitrogens with one attached hydrogen (secondary N) is 2. The molecule has 10 heteroatoms. The van der Waals surface area contributed by atoms with Crippen LogP contribution < -0.4 is 20.1 Å². The highest BCUT2D eigenvalue weighted by Gasteiger charge is 2.35. The zero-order valence-corrected chi connectivity index (χ0v) is 27.4. The highest BCUT2D eigenvalue weighted by molar-refractivity contribution is 9.10.